The summed E-state index contributed by atoms with van der Waals surface area (Å²) in [6, 6.07) is 6.49. The van der Waals surface area contributed by atoms with Gasteiger partial charge in [-0.1, -0.05) is 26.0 Å². The lowest BCUT2D eigenvalue weighted by atomic mass is 10.0. The fourth-order valence-corrected chi connectivity index (χ4v) is 1.57. The summed E-state index contributed by atoms with van der Waals surface area (Å²) in [6.45, 7) is 4.08. The molecule has 0 atom stereocenters. The molecule has 0 saturated carbocycles. The maximum absolute atomic E-state index is 11.7. The highest BCUT2D eigenvalue weighted by Crippen LogP contribution is 2.11. The molecular formula is C15H20O4. The quantitative estimate of drug-likeness (QED) is 0.467. The molecule has 0 saturated heterocycles. The lowest BCUT2D eigenvalue weighted by Crippen LogP contribution is -2.09. The van der Waals surface area contributed by atoms with Gasteiger partial charge in [0, 0.05) is 18.1 Å². The zero-order valence-corrected chi connectivity index (χ0v) is 11.4. The third-order valence-corrected chi connectivity index (χ3v) is 2.72. The third-order valence-electron chi connectivity index (χ3n) is 2.72. The van der Waals surface area contributed by atoms with Gasteiger partial charge in [0.1, 0.15) is 0 Å². The van der Waals surface area contributed by atoms with Gasteiger partial charge < -0.3 is 9.84 Å². The van der Waals surface area contributed by atoms with Crippen molar-refractivity contribution < 1.29 is 19.4 Å². The van der Waals surface area contributed by atoms with Crippen LogP contribution in [0.2, 0.25) is 0 Å². The number of hydrogen-bond acceptors (Lipinski definition) is 4. The molecule has 0 amide bonds. The number of unbranched alkanes of at least 4 members (excludes halogenated alkanes) is 1. The summed E-state index contributed by atoms with van der Waals surface area (Å²) in [5.74, 6) is -0.402. The summed E-state index contributed by atoms with van der Waals surface area (Å²) in [6.07, 6.45) is 1.27. The Morgan fingerprint density at radius 3 is 2.21 bits per heavy atom. The number of aliphatic hydroxyl groups excluding tert-OH is 1. The molecule has 0 radical (unpaired) electrons. The van der Waals surface area contributed by atoms with Gasteiger partial charge in [0.2, 0.25) is 0 Å². The van der Waals surface area contributed by atoms with Crippen molar-refractivity contribution in [1.29, 1.82) is 0 Å². The summed E-state index contributed by atoms with van der Waals surface area (Å²) in [7, 11) is 0. The first kappa shape index (κ1) is 15.4. The van der Waals surface area contributed by atoms with Crippen LogP contribution in [0.1, 0.15) is 47.4 Å². The number of rotatable bonds is 7. The minimum Gasteiger partial charge on any atom is -0.462 e. The molecule has 1 N–H and O–H groups in total. The molecule has 0 fully saturated rings. The van der Waals surface area contributed by atoms with Crippen LogP contribution >= 0.6 is 0 Å². The molecule has 0 bridgehead atoms. The van der Waals surface area contributed by atoms with Crippen LogP contribution in [0.3, 0.4) is 0 Å². The lowest BCUT2D eigenvalue weighted by molar-refractivity contribution is 0.0492. The average Bonchev–Trinajstić information content (AvgIpc) is 2.42. The Morgan fingerprint density at radius 1 is 1.11 bits per heavy atom. The van der Waals surface area contributed by atoms with E-state index in [-0.39, 0.29) is 18.3 Å². The lowest BCUT2D eigenvalue weighted by Gasteiger charge is -2.06. The molecule has 0 aromatic heterocycles. The number of aliphatic hydroxyl groups is 1. The van der Waals surface area contributed by atoms with Crippen LogP contribution < -0.4 is 0 Å². The number of benzene rings is 1. The Hall–Kier alpha value is -1.68. The monoisotopic (exact) mass is 264 g/mol. The molecule has 1 aromatic rings. The van der Waals surface area contributed by atoms with E-state index in [1.807, 2.05) is 13.8 Å². The van der Waals surface area contributed by atoms with E-state index in [1.54, 1.807) is 24.3 Å². The van der Waals surface area contributed by atoms with Crippen molar-refractivity contribution in [3.8, 4) is 0 Å². The highest BCUT2D eigenvalue weighted by atomic mass is 16.5. The number of carbonyl (C=O) groups excluding carboxylic acids is 2. The van der Waals surface area contributed by atoms with E-state index in [1.165, 1.54) is 0 Å². The van der Waals surface area contributed by atoms with E-state index in [0.29, 0.717) is 30.6 Å². The molecule has 0 unspecified atom stereocenters. The second-order valence-corrected chi connectivity index (χ2v) is 4.66. The van der Waals surface area contributed by atoms with Crippen LogP contribution in [0.25, 0.3) is 0 Å². The Bertz CT molecular complexity index is 420. The average molecular weight is 264 g/mol. The molecule has 4 heteroatoms. The number of Topliss-reactive ketones (excluding diaryl/α,β-unsaturated/α-hetero) is 1. The van der Waals surface area contributed by atoms with Gasteiger partial charge >= 0.3 is 5.97 Å². The normalized spacial score (nSPS) is 10.5. The van der Waals surface area contributed by atoms with Gasteiger partial charge in [-0.25, -0.2) is 4.79 Å². The highest BCUT2D eigenvalue weighted by molar-refractivity contribution is 5.98. The molecule has 104 valence electrons. The fourth-order valence-electron chi connectivity index (χ4n) is 1.57. The van der Waals surface area contributed by atoms with Gasteiger partial charge in [-0.15, -0.1) is 0 Å². The van der Waals surface area contributed by atoms with E-state index >= 15 is 0 Å². The Labute approximate surface area is 113 Å². The molecule has 4 nitrogen and oxygen atoms in total. The first-order chi connectivity index (χ1) is 9.06. The maximum Gasteiger partial charge on any atom is 0.338 e. The summed E-state index contributed by atoms with van der Waals surface area (Å²) in [5.41, 5.74) is 1.04. The number of ketones is 1. The molecule has 1 aromatic carbocycles. The number of carbonyl (C=O) groups is 2. The minimum atomic E-state index is -0.401. The van der Waals surface area contributed by atoms with E-state index in [4.69, 9.17) is 9.84 Å². The van der Waals surface area contributed by atoms with Gasteiger partial charge in [0.05, 0.1) is 12.2 Å². The van der Waals surface area contributed by atoms with Crippen molar-refractivity contribution in [3.05, 3.63) is 35.4 Å². The van der Waals surface area contributed by atoms with Gasteiger partial charge in [0.15, 0.2) is 5.78 Å². The maximum atomic E-state index is 11.7. The summed E-state index contributed by atoms with van der Waals surface area (Å²) in [4.78, 5) is 23.4. The van der Waals surface area contributed by atoms with Gasteiger partial charge in [0.25, 0.3) is 0 Å². The van der Waals surface area contributed by atoms with Crippen molar-refractivity contribution in [1.82, 2.24) is 0 Å². The molecular weight excluding hydrogens is 244 g/mol. The first-order valence-corrected chi connectivity index (χ1v) is 6.48. The molecule has 0 aliphatic carbocycles. The predicted octanol–water partition coefficient (Wildman–Crippen LogP) is 2.45. The largest absolute Gasteiger partial charge is 0.462 e. The van der Waals surface area contributed by atoms with Crippen molar-refractivity contribution in [3.63, 3.8) is 0 Å². The third kappa shape index (κ3) is 4.83. The van der Waals surface area contributed by atoms with Crippen LogP contribution in [0, 0.1) is 5.92 Å². The SMILES string of the molecule is CC(C)C(=O)c1ccc(C(=O)OCCCCO)cc1. The second kappa shape index (κ2) is 7.69. The van der Waals surface area contributed by atoms with Crippen LogP contribution in [0.15, 0.2) is 24.3 Å². The topological polar surface area (TPSA) is 63.6 Å². The Balaban J connectivity index is 2.56. The van der Waals surface area contributed by atoms with E-state index in [9.17, 15) is 9.59 Å². The number of ether oxygens (including phenoxy) is 1. The van der Waals surface area contributed by atoms with E-state index in [0.717, 1.165) is 0 Å². The predicted molar refractivity (Wildman–Crippen MR) is 72.2 cm³/mol. The van der Waals surface area contributed by atoms with E-state index < -0.39 is 5.97 Å². The minimum absolute atomic E-state index is 0.0582. The van der Waals surface area contributed by atoms with E-state index in [2.05, 4.69) is 0 Å². The van der Waals surface area contributed by atoms with Crippen LogP contribution in [-0.4, -0.2) is 30.1 Å². The zero-order valence-electron chi connectivity index (χ0n) is 11.4. The van der Waals surface area contributed by atoms with Crippen molar-refractivity contribution >= 4 is 11.8 Å². The molecule has 0 spiro atoms. The summed E-state index contributed by atoms with van der Waals surface area (Å²) in [5, 5.41) is 8.60. The second-order valence-electron chi connectivity index (χ2n) is 4.66. The van der Waals surface area contributed by atoms with Gasteiger partial charge in [-0.2, -0.15) is 0 Å². The first-order valence-electron chi connectivity index (χ1n) is 6.48. The smallest absolute Gasteiger partial charge is 0.338 e. The molecule has 1 rings (SSSR count). The van der Waals surface area contributed by atoms with Gasteiger partial charge in [-0.3, -0.25) is 4.79 Å². The van der Waals surface area contributed by atoms with Crippen LogP contribution in [0.4, 0.5) is 0 Å². The van der Waals surface area contributed by atoms with Crippen molar-refractivity contribution in [2.45, 2.75) is 26.7 Å². The molecule has 0 heterocycles. The number of esters is 1. The standard InChI is InChI=1S/C15H20O4/c1-11(2)14(17)12-5-7-13(8-6-12)15(18)19-10-4-3-9-16/h5-8,11,16H,3-4,9-10H2,1-2H3. The fraction of sp³-hybridized carbons (Fsp3) is 0.467. The van der Waals surface area contributed by atoms with Crippen molar-refractivity contribution in [2.24, 2.45) is 5.92 Å². The summed E-state index contributed by atoms with van der Waals surface area (Å²) < 4.78 is 5.04. The zero-order chi connectivity index (χ0) is 14.3. The highest BCUT2D eigenvalue weighted by Gasteiger charge is 2.12. The molecule has 0 aliphatic rings. The summed E-state index contributed by atoms with van der Waals surface area (Å²) >= 11 is 0. The molecule has 19 heavy (non-hydrogen) atoms. The van der Waals surface area contributed by atoms with Crippen molar-refractivity contribution in [2.75, 3.05) is 13.2 Å². The Morgan fingerprint density at radius 2 is 1.68 bits per heavy atom. The van der Waals surface area contributed by atoms with Crippen LogP contribution in [-0.2, 0) is 4.74 Å². The number of hydrogen-bond donors (Lipinski definition) is 1. The van der Waals surface area contributed by atoms with Crippen LogP contribution in [0.5, 0.6) is 0 Å². The molecule has 0 aliphatic heterocycles. The Kier molecular flexibility index (Phi) is 6.22. The van der Waals surface area contributed by atoms with Gasteiger partial charge in [-0.05, 0) is 25.0 Å².